The van der Waals surface area contributed by atoms with E-state index >= 15 is 0 Å². The molecule has 0 saturated carbocycles. The summed E-state index contributed by atoms with van der Waals surface area (Å²) in [6.07, 6.45) is 8.14. The van der Waals surface area contributed by atoms with Gasteiger partial charge in [-0.05, 0) is 57.2 Å². The summed E-state index contributed by atoms with van der Waals surface area (Å²) in [6, 6.07) is 6.75. The number of hydrogen-bond acceptors (Lipinski definition) is 5. The number of pyridine rings is 1. The van der Waals surface area contributed by atoms with E-state index in [1.54, 1.807) is 6.20 Å². The average molecular weight is 358 g/mol. The van der Waals surface area contributed by atoms with Gasteiger partial charge in [-0.15, -0.1) is 0 Å². The molecule has 3 fully saturated rings. The molecule has 26 heavy (non-hydrogen) atoms. The van der Waals surface area contributed by atoms with E-state index in [0.29, 0.717) is 18.6 Å². The van der Waals surface area contributed by atoms with Crippen molar-refractivity contribution in [1.29, 1.82) is 0 Å². The summed E-state index contributed by atoms with van der Waals surface area (Å²) >= 11 is 0. The number of amides is 1. The fourth-order valence-corrected chi connectivity index (χ4v) is 4.82. The van der Waals surface area contributed by atoms with Crippen LogP contribution >= 0.6 is 0 Å². The minimum absolute atomic E-state index is 0.180. The number of nitrogens with one attached hydrogen (secondary N) is 2. The van der Waals surface area contributed by atoms with Crippen molar-refractivity contribution in [2.24, 2.45) is 0 Å². The maximum Gasteiger partial charge on any atom is 0.240 e. The molecule has 0 unspecified atom stereocenters. The van der Waals surface area contributed by atoms with Crippen molar-refractivity contribution in [2.45, 2.75) is 62.7 Å². The van der Waals surface area contributed by atoms with Crippen LogP contribution in [0.1, 0.15) is 44.2 Å². The minimum Gasteiger partial charge on any atom is -0.381 e. The largest absolute Gasteiger partial charge is 0.381 e. The number of carbonyl (C=O) groups excluding carboxylic acids is 1. The summed E-state index contributed by atoms with van der Waals surface area (Å²) < 4.78 is 5.47. The van der Waals surface area contributed by atoms with Gasteiger partial charge in [0, 0.05) is 38.0 Å². The number of rotatable bonds is 5. The summed E-state index contributed by atoms with van der Waals surface area (Å²) in [4.78, 5) is 19.9. The van der Waals surface area contributed by atoms with Gasteiger partial charge in [-0.25, -0.2) is 0 Å². The van der Waals surface area contributed by atoms with Gasteiger partial charge in [0.1, 0.15) is 5.54 Å². The van der Waals surface area contributed by atoms with Crippen molar-refractivity contribution in [3.05, 3.63) is 30.1 Å². The van der Waals surface area contributed by atoms with Gasteiger partial charge in [0.05, 0.1) is 12.2 Å². The Morgan fingerprint density at radius 2 is 2.15 bits per heavy atom. The zero-order chi connectivity index (χ0) is 17.8. The maximum atomic E-state index is 13.2. The van der Waals surface area contributed by atoms with Crippen molar-refractivity contribution in [3.63, 3.8) is 0 Å². The van der Waals surface area contributed by atoms with Crippen LogP contribution in [0.25, 0.3) is 0 Å². The standard InChI is InChI=1S/C20H30N4O2/c25-19(22-14-17-5-1-3-9-21-17)20-8-2-4-10-24(20)15-18(13-20)23-16-6-11-26-12-7-16/h1,3,5,9,16,18,23H,2,4,6-8,10-15H2,(H,22,25)/t18-,20+/m0/s1. The van der Waals surface area contributed by atoms with Crippen molar-refractivity contribution in [3.8, 4) is 0 Å². The van der Waals surface area contributed by atoms with Crippen LogP contribution in [-0.4, -0.2) is 59.7 Å². The highest BCUT2D eigenvalue weighted by atomic mass is 16.5. The van der Waals surface area contributed by atoms with Crippen LogP contribution in [0.4, 0.5) is 0 Å². The number of carbonyl (C=O) groups is 1. The third-order valence-electron chi connectivity index (χ3n) is 6.17. The number of aromatic nitrogens is 1. The molecule has 1 amide bonds. The summed E-state index contributed by atoms with van der Waals surface area (Å²) in [5, 5.41) is 6.98. The molecule has 3 saturated heterocycles. The van der Waals surface area contributed by atoms with Gasteiger partial charge in [-0.3, -0.25) is 14.7 Å². The molecule has 0 aromatic carbocycles. The van der Waals surface area contributed by atoms with Crippen molar-refractivity contribution in [2.75, 3.05) is 26.3 Å². The Kier molecular flexibility index (Phi) is 5.52. The molecule has 1 aromatic rings. The molecule has 6 nitrogen and oxygen atoms in total. The number of nitrogens with zero attached hydrogens (tertiary/aromatic N) is 2. The minimum atomic E-state index is -0.337. The fraction of sp³-hybridized carbons (Fsp3) is 0.700. The first-order chi connectivity index (χ1) is 12.8. The second kappa shape index (κ2) is 8.03. The molecule has 3 aliphatic heterocycles. The average Bonchev–Trinajstić information content (AvgIpc) is 3.07. The normalized spacial score (nSPS) is 30.1. The zero-order valence-electron chi connectivity index (χ0n) is 15.5. The van der Waals surface area contributed by atoms with Gasteiger partial charge in [0.15, 0.2) is 0 Å². The smallest absolute Gasteiger partial charge is 0.240 e. The molecule has 142 valence electrons. The van der Waals surface area contributed by atoms with Gasteiger partial charge < -0.3 is 15.4 Å². The Balaban J connectivity index is 1.40. The highest BCUT2D eigenvalue weighted by Crippen LogP contribution is 2.38. The Labute approximate surface area is 155 Å². The summed E-state index contributed by atoms with van der Waals surface area (Å²) in [5.74, 6) is 0.180. The quantitative estimate of drug-likeness (QED) is 0.834. The summed E-state index contributed by atoms with van der Waals surface area (Å²) in [7, 11) is 0. The first-order valence-electron chi connectivity index (χ1n) is 10.0. The van der Waals surface area contributed by atoms with Crippen LogP contribution in [0.15, 0.2) is 24.4 Å². The van der Waals surface area contributed by atoms with Gasteiger partial charge in [0.25, 0.3) is 0 Å². The molecule has 2 atom stereocenters. The Hall–Kier alpha value is -1.50. The molecule has 0 aliphatic carbocycles. The van der Waals surface area contributed by atoms with Crippen LogP contribution in [0.2, 0.25) is 0 Å². The van der Waals surface area contributed by atoms with E-state index in [9.17, 15) is 4.79 Å². The van der Waals surface area contributed by atoms with Crippen LogP contribution in [0, 0.1) is 0 Å². The van der Waals surface area contributed by atoms with E-state index < -0.39 is 0 Å². The molecule has 2 N–H and O–H groups in total. The lowest BCUT2D eigenvalue weighted by molar-refractivity contribution is -0.134. The Morgan fingerprint density at radius 3 is 2.96 bits per heavy atom. The number of piperidine rings is 1. The fourth-order valence-electron chi connectivity index (χ4n) is 4.82. The summed E-state index contributed by atoms with van der Waals surface area (Å²) in [6.45, 7) is 4.22. The first kappa shape index (κ1) is 17.9. The van der Waals surface area contributed by atoms with E-state index in [1.807, 2.05) is 18.2 Å². The molecule has 0 spiro atoms. The van der Waals surface area contributed by atoms with Gasteiger partial charge in [0.2, 0.25) is 5.91 Å². The monoisotopic (exact) mass is 358 g/mol. The third-order valence-corrected chi connectivity index (χ3v) is 6.17. The maximum absolute atomic E-state index is 13.2. The van der Waals surface area contributed by atoms with Crippen LogP contribution in [0.3, 0.4) is 0 Å². The molecule has 4 heterocycles. The number of ether oxygens (including phenoxy) is 1. The summed E-state index contributed by atoms with van der Waals surface area (Å²) in [5.41, 5.74) is 0.574. The number of fused-ring (bicyclic) bond motifs is 1. The van der Waals surface area contributed by atoms with Crippen LogP contribution in [0.5, 0.6) is 0 Å². The Bertz CT molecular complexity index is 605. The zero-order valence-corrected chi connectivity index (χ0v) is 15.5. The predicted molar refractivity (Wildman–Crippen MR) is 99.6 cm³/mol. The second-order valence-corrected chi connectivity index (χ2v) is 7.89. The molecule has 0 radical (unpaired) electrons. The lowest BCUT2D eigenvalue weighted by Crippen LogP contribution is -2.57. The molecule has 0 bridgehead atoms. The van der Waals surface area contributed by atoms with E-state index in [4.69, 9.17) is 4.74 Å². The Morgan fingerprint density at radius 1 is 1.27 bits per heavy atom. The molecule has 6 heteroatoms. The molecule has 3 aliphatic rings. The van der Waals surface area contributed by atoms with E-state index in [1.165, 1.54) is 6.42 Å². The van der Waals surface area contributed by atoms with Gasteiger partial charge in [-0.2, -0.15) is 0 Å². The molecule has 1 aromatic heterocycles. The predicted octanol–water partition coefficient (Wildman–Crippen LogP) is 1.46. The van der Waals surface area contributed by atoms with Crippen LogP contribution in [-0.2, 0) is 16.1 Å². The second-order valence-electron chi connectivity index (χ2n) is 7.89. The van der Waals surface area contributed by atoms with Crippen molar-refractivity contribution in [1.82, 2.24) is 20.5 Å². The molecular formula is C20H30N4O2. The van der Waals surface area contributed by atoms with Crippen LogP contribution < -0.4 is 10.6 Å². The third kappa shape index (κ3) is 3.77. The topological polar surface area (TPSA) is 66.5 Å². The van der Waals surface area contributed by atoms with Crippen molar-refractivity contribution >= 4 is 5.91 Å². The molecule has 4 rings (SSSR count). The van der Waals surface area contributed by atoms with E-state index in [0.717, 1.165) is 64.1 Å². The lowest BCUT2D eigenvalue weighted by Gasteiger charge is -2.40. The van der Waals surface area contributed by atoms with E-state index in [2.05, 4.69) is 20.5 Å². The van der Waals surface area contributed by atoms with Crippen molar-refractivity contribution < 1.29 is 9.53 Å². The lowest BCUT2D eigenvalue weighted by atomic mass is 9.84. The highest BCUT2D eigenvalue weighted by molar-refractivity contribution is 5.87. The van der Waals surface area contributed by atoms with Gasteiger partial charge in [-0.1, -0.05) is 6.07 Å². The van der Waals surface area contributed by atoms with E-state index in [-0.39, 0.29) is 11.4 Å². The highest BCUT2D eigenvalue weighted by Gasteiger charge is 2.51. The number of hydrogen-bond donors (Lipinski definition) is 2. The SMILES string of the molecule is O=C(NCc1ccccn1)[C@]12CCCCN1C[C@@H](NC1CCOCC1)C2. The first-order valence-corrected chi connectivity index (χ1v) is 10.0. The molecular weight excluding hydrogens is 328 g/mol. The van der Waals surface area contributed by atoms with Gasteiger partial charge >= 0.3 is 0 Å².